The largest absolute Gasteiger partial charge is 0.389 e. The molecule has 0 saturated heterocycles. The summed E-state index contributed by atoms with van der Waals surface area (Å²) in [5.41, 5.74) is 3.64. The summed E-state index contributed by atoms with van der Waals surface area (Å²) in [4.78, 5) is 15.3. The van der Waals surface area contributed by atoms with E-state index in [4.69, 9.17) is 0 Å². The molecule has 0 fully saturated rings. The number of thiophene rings is 1. The maximum Gasteiger partial charge on any atom is 0.227 e. The minimum Gasteiger partial charge on any atom is -0.389 e. The number of hydrogen-bond donors (Lipinski definition) is 2. The molecule has 0 aliphatic heterocycles. The highest BCUT2D eigenvalue weighted by Gasteiger charge is 2.08. The Kier molecular flexibility index (Phi) is 4.91. The lowest BCUT2D eigenvalue weighted by Gasteiger charge is -2.09. The molecule has 27 heavy (non-hydrogen) atoms. The van der Waals surface area contributed by atoms with E-state index in [1.165, 1.54) is 0 Å². The normalized spacial score (nSPS) is 11.9. The van der Waals surface area contributed by atoms with Gasteiger partial charge in [-0.25, -0.2) is 9.97 Å². The van der Waals surface area contributed by atoms with Crippen molar-refractivity contribution in [1.29, 1.82) is 0 Å². The quantitative estimate of drug-likeness (QED) is 0.511. The van der Waals surface area contributed by atoms with Crippen LogP contribution in [0, 0.1) is 0 Å². The molecule has 0 saturated carbocycles. The molecular weight excluding hydrogens is 356 g/mol. The van der Waals surface area contributed by atoms with Crippen molar-refractivity contribution in [3.05, 3.63) is 78.8 Å². The highest BCUT2D eigenvalue weighted by Crippen LogP contribution is 2.33. The molecule has 134 valence electrons. The Morgan fingerprint density at radius 1 is 1.00 bits per heavy atom. The van der Waals surface area contributed by atoms with Crippen LogP contribution in [0.4, 0.5) is 11.6 Å². The van der Waals surface area contributed by atoms with E-state index >= 15 is 0 Å². The fourth-order valence-electron chi connectivity index (χ4n) is 2.70. The zero-order valence-corrected chi connectivity index (χ0v) is 15.5. The molecule has 0 aliphatic rings. The number of nitrogens with zero attached hydrogens (tertiary/aromatic N) is 3. The number of aliphatic hydroxyl groups is 1. The predicted octanol–water partition coefficient (Wildman–Crippen LogP) is 5.06. The molecule has 3 heterocycles. The first-order valence-electron chi connectivity index (χ1n) is 8.58. The zero-order chi connectivity index (χ0) is 18.6. The molecule has 4 aromatic rings. The van der Waals surface area contributed by atoms with E-state index in [-0.39, 0.29) is 0 Å². The zero-order valence-electron chi connectivity index (χ0n) is 14.7. The van der Waals surface area contributed by atoms with Crippen LogP contribution >= 0.6 is 11.3 Å². The lowest BCUT2D eigenvalue weighted by atomic mass is 10.1. The lowest BCUT2D eigenvalue weighted by Crippen LogP contribution is -1.99. The molecule has 0 amide bonds. The van der Waals surface area contributed by atoms with Gasteiger partial charge in [0, 0.05) is 34.7 Å². The second-order valence-corrected chi connectivity index (χ2v) is 7.18. The fraction of sp³-hybridized carbons (Fsp3) is 0.0952. The molecule has 1 unspecified atom stereocenters. The molecule has 1 atom stereocenters. The summed E-state index contributed by atoms with van der Waals surface area (Å²) < 4.78 is 0. The van der Waals surface area contributed by atoms with E-state index in [0.29, 0.717) is 5.95 Å². The van der Waals surface area contributed by atoms with E-state index in [9.17, 15) is 5.11 Å². The second kappa shape index (κ2) is 7.65. The standard InChI is InChI=1S/C21H18N4OS/c1-14(26)15-4-2-6-17(12-15)24-21-23-11-9-18(25-21)20-8-7-19(27-20)16-5-3-10-22-13-16/h2-14,26H,1H3,(H,23,24,25). The first-order valence-corrected chi connectivity index (χ1v) is 9.39. The maximum absolute atomic E-state index is 9.74. The van der Waals surface area contributed by atoms with Gasteiger partial charge in [0.2, 0.25) is 5.95 Å². The van der Waals surface area contributed by atoms with Gasteiger partial charge >= 0.3 is 0 Å². The van der Waals surface area contributed by atoms with Crippen LogP contribution in [0.3, 0.4) is 0 Å². The number of anilines is 2. The van der Waals surface area contributed by atoms with Crippen molar-refractivity contribution in [3.63, 3.8) is 0 Å². The number of aliphatic hydroxyl groups excluding tert-OH is 1. The van der Waals surface area contributed by atoms with Gasteiger partial charge in [0.15, 0.2) is 0 Å². The summed E-state index contributed by atoms with van der Waals surface area (Å²) in [5.74, 6) is 0.520. The number of aromatic nitrogens is 3. The molecule has 0 spiro atoms. The van der Waals surface area contributed by atoms with Crippen molar-refractivity contribution in [2.24, 2.45) is 0 Å². The van der Waals surface area contributed by atoms with Crippen molar-refractivity contribution in [3.8, 4) is 21.0 Å². The Labute approximate surface area is 161 Å². The smallest absolute Gasteiger partial charge is 0.227 e. The van der Waals surface area contributed by atoms with Gasteiger partial charge < -0.3 is 10.4 Å². The molecule has 5 nitrogen and oxygen atoms in total. The Hall–Kier alpha value is -3.09. The minimum atomic E-state index is -0.518. The SMILES string of the molecule is CC(O)c1cccc(Nc2nccc(-c3ccc(-c4cccnc4)s3)n2)c1. The van der Waals surface area contributed by atoms with Crippen molar-refractivity contribution in [1.82, 2.24) is 15.0 Å². The van der Waals surface area contributed by atoms with Gasteiger partial charge in [0.1, 0.15) is 0 Å². The summed E-state index contributed by atoms with van der Waals surface area (Å²) in [6.07, 6.45) is 4.85. The number of hydrogen-bond acceptors (Lipinski definition) is 6. The molecule has 0 aliphatic carbocycles. The third kappa shape index (κ3) is 4.02. The van der Waals surface area contributed by atoms with E-state index in [0.717, 1.165) is 32.3 Å². The number of pyridine rings is 1. The van der Waals surface area contributed by atoms with Crippen LogP contribution in [0.15, 0.2) is 73.2 Å². The summed E-state index contributed by atoms with van der Waals surface area (Å²) in [5, 5.41) is 13.0. The Morgan fingerprint density at radius 2 is 1.89 bits per heavy atom. The van der Waals surface area contributed by atoms with Gasteiger partial charge in [-0.3, -0.25) is 4.98 Å². The third-order valence-corrected chi connectivity index (χ3v) is 5.24. The van der Waals surface area contributed by atoms with Crippen LogP contribution in [0.1, 0.15) is 18.6 Å². The van der Waals surface area contributed by atoms with Gasteiger partial charge in [-0.2, -0.15) is 0 Å². The fourth-order valence-corrected chi connectivity index (χ4v) is 3.67. The summed E-state index contributed by atoms with van der Waals surface area (Å²) >= 11 is 1.67. The summed E-state index contributed by atoms with van der Waals surface area (Å²) in [7, 11) is 0. The van der Waals surface area contributed by atoms with E-state index < -0.39 is 6.10 Å². The van der Waals surface area contributed by atoms with Crippen molar-refractivity contribution in [2.75, 3.05) is 5.32 Å². The van der Waals surface area contributed by atoms with Crippen LogP contribution in [-0.2, 0) is 0 Å². The van der Waals surface area contributed by atoms with Gasteiger partial charge in [-0.15, -0.1) is 11.3 Å². The molecule has 0 bridgehead atoms. The van der Waals surface area contributed by atoms with Crippen LogP contribution in [0.25, 0.3) is 21.0 Å². The van der Waals surface area contributed by atoms with Crippen molar-refractivity contribution >= 4 is 23.0 Å². The molecule has 3 aromatic heterocycles. The van der Waals surface area contributed by atoms with Crippen molar-refractivity contribution in [2.45, 2.75) is 13.0 Å². The molecule has 2 N–H and O–H groups in total. The average Bonchev–Trinajstić information content (AvgIpc) is 3.19. The predicted molar refractivity (Wildman–Crippen MR) is 109 cm³/mol. The maximum atomic E-state index is 9.74. The molecule has 0 radical (unpaired) electrons. The van der Waals surface area contributed by atoms with Gasteiger partial charge in [0.05, 0.1) is 16.7 Å². The highest BCUT2D eigenvalue weighted by atomic mass is 32.1. The minimum absolute atomic E-state index is 0.518. The molecule has 4 rings (SSSR count). The van der Waals surface area contributed by atoms with E-state index in [1.807, 2.05) is 48.7 Å². The van der Waals surface area contributed by atoms with Gasteiger partial charge in [0.25, 0.3) is 0 Å². The second-order valence-electron chi connectivity index (χ2n) is 6.10. The first kappa shape index (κ1) is 17.3. The highest BCUT2D eigenvalue weighted by molar-refractivity contribution is 7.18. The first-order chi connectivity index (χ1) is 13.2. The third-order valence-electron chi connectivity index (χ3n) is 4.09. The van der Waals surface area contributed by atoms with Gasteiger partial charge in [-0.1, -0.05) is 18.2 Å². The molecule has 6 heteroatoms. The number of nitrogens with one attached hydrogen (secondary N) is 1. The van der Waals surface area contributed by atoms with E-state index in [1.54, 1.807) is 30.7 Å². The van der Waals surface area contributed by atoms with Crippen molar-refractivity contribution < 1.29 is 5.11 Å². The van der Waals surface area contributed by atoms with Crippen LogP contribution in [0.5, 0.6) is 0 Å². The molecule has 1 aromatic carbocycles. The Morgan fingerprint density at radius 3 is 2.70 bits per heavy atom. The van der Waals surface area contributed by atoms with Crippen LogP contribution < -0.4 is 5.32 Å². The topological polar surface area (TPSA) is 70.9 Å². The van der Waals surface area contributed by atoms with Gasteiger partial charge in [-0.05, 0) is 48.9 Å². The average molecular weight is 374 g/mol. The van der Waals surface area contributed by atoms with Crippen LogP contribution in [-0.4, -0.2) is 20.1 Å². The van der Waals surface area contributed by atoms with Crippen LogP contribution in [0.2, 0.25) is 0 Å². The number of rotatable bonds is 5. The van der Waals surface area contributed by atoms with E-state index in [2.05, 4.69) is 32.4 Å². The lowest BCUT2D eigenvalue weighted by molar-refractivity contribution is 0.199. The Bertz CT molecular complexity index is 1050. The summed E-state index contributed by atoms with van der Waals surface area (Å²) in [6.45, 7) is 1.74. The molecular formula is C21H18N4OS. The number of benzene rings is 1. The monoisotopic (exact) mass is 374 g/mol. The summed E-state index contributed by atoms with van der Waals surface area (Å²) in [6, 6.07) is 17.6. The Balaban J connectivity index is 1.58.